The number of hydrogen-bond donors (Lipinski definition) is 0. The number of benzene rings is 6. The maximum atomic E-state index is 13.2. The van der Waals surface area contributed by atoms with Crippen molar-refractivity contribution in [3.63, 3.8) is 0 Å². The number of likely N-dealkylation sites (N-methyl/N-ethyl adjacent to an activating group) is 3. The quantitative estimate of drug-likeness (QED) is 0.0508. The summed E-state index contributed by atoms with van der Waals surface area (Å²) >= 11 is 0. The second kappa shape index (κ2) is 45.3. The van der Waals surface area contributed by atoms with E-state index < -0.39 is 0 Å². The monoisotopic (exact) mass is 1990 g/mol. The minimum atomic E-state index is -0.340. The molecule has 2 atom stereocenters. The SMILES string of the molecule is CN1CC(N2CCn3nc(COc4cccc(F)c4)cc3C2=O)C1.CN1CC[C@@H](N2CCn3nc(COc4cccc(F)c4)cc3C2=O)C1.CN1CC[C@H](N2CCn3nc(COc4cccc(F)c4)cc3C2=O)C1.O=C1c2cc(COc3cccc(F)c3)nn2CCN1C1CCC1.O=C1c2cc(COc3cccc(F)c3)nn2CCN1C1CCCC1.O=C1c2cc(COc3cccc(F)c3)nn2CCN1C1CCCC1. The summed E-state index contributed by atoms with van der Waals surface area (Å²) in [5.74, 6) is 1.01. The van der Waals surface area contributed by atoms with E-state index in [-0.39, 0.29) is 122 Å². The van der Waals surface area contributed by atoms with Crippen LogP contribution in [0.3, 0.4) is 0 Å². The highest BCUT2D eigenvalue weighted by molar-refractivity contribution is 5.96. The highest BCUT2D eigenvalue weighted by Gasteiger charge is 2.42. The molecule has 3 saturated heterocycles. The average Bonchev–Trinajstić information content (AvgIpc) is 1.72. The second-order valence-electron chi connectivity index (χ2n) is 38.7. The lowest BCUT2D eigenvalue weighted by atomic mass is 9.91. The van der Waals surface area contributed by atoms with Gasteiger partial charge in [0.1, 0.15) is 177 Å². The molecule has 6 aromatic carbocycles. The van der Waals surface area contributed by atoms with E-state index in [1.54, 1.807) is 137 Å². The summed E-state index contributed by atoms with van der Waals surface area (Å²) in [4.78, 5) is 94.8. The number of carbonyl (C=O) groups excluding carboxylic acids is 6. The van der Waals surface area contributed by atoms with Crippen LogP contribution in [0.1, 0.15) is 181 Å². The molecule has 15 heterocycles. The molecule has 6 amide bonds. The number of aromatic nitrogens is 12. The Hall–Kier alpha value is -14.3. The molecule has 6 aromatic heterocycles. The molecular formula is C106H119F6N21O12. The first-order valence-corrected chi connectivity index (χ1v) is 50.0. The summed E-state index contributed by atoms with van der Waals surface area (Å²) < 4.78 is 123. The zero-order valence-electron chi connectivity index (χ0n) is 81.5. The van der Waals surface area contributed by atoms with Crippen molar-refractivity contribution in [3.05, 3.63) is 285 Å². The Bertz CT molecular complexity index is 6340. The highest BCUT2D eigenvalue weighted by Crippen LogP contribution is 2.35. The lowest BCUT2D eigenvalue weighted by Gasteiger charge is -2.44. The van der Waals surface area contributed by atoms with Crippen molar-refractivity contribution in [2.24, 2.45) is 0 Å². The molecule has 0 bridgehead atoms. The van der Waals surface area contributed by atoms with Gasteiger partial charge in [-0.25, -0.2) is 26.3 Å². The lowest BCUT2D eigenvalue weighted by molar-refractivity contribution is 0.0289. The molecule has 3 saturated carbocycles. The van der Waals surface area contributed by atoms with Crippen molar-refractivity contribution in [1.29, 1.82) is 0 Å². The summed E-state index contributed by atoms with van der Waals surface area (Å²) in [5, 5.41) is 26.7. The maximum Gasteiger partial charge on any atom is 0.272 e. The first kappa shape index (κ1) is 99.4. The summed E-state index contributed by atoms with van der Waals surface area (Å²) in [7, 11) is 6.22. The molecule has 145 heavy (non-hydrogen) atoms. The molecule has 3 aliphatic carbocycles. The van der Waals surface area contributed by atoms with Gasteiger partial charge in [-0.15, -0.1) is 0 Å². The fourth-order valence-corrected chi connectivity index (χ4v) is 20.7. The van der Waals surface area contributed by atoms with E-state index in [9.17, 15) is 55.1 Å². The van der Waals surface area contributed by atoms with Crippen LogP contribution >= 0.6 is 0 Å². The fraction of sp³-hybridized carbons (Fsp3) is 0.434. The second-order valence-corrected chi connectivity index (χ2v) is 38.7. The number of hydrogen-bond acceptors (Lipinski definition) is 21. The van der Waals surface area contributed by atoms with Gasteiger partial charge in [0, 0.05) is 132 Å². The van der Waals surface area contributed by atoms with E-state index in [0.717, 1.165) is 130 Å². The van der Waals surface area contributed by atoms with E-state index >= 15 is 0 Å². The summed E-state index contributed by atoms with van der Waals surface area (Å²) in [6.07, 6.45) is 14.7. The molecule has 6 fully saturated rings. The predicted octanol–water partition coefficient (Wildman–Crippen LogP) is 13.5. The Morgan fingerprint density at radius 3 is 0.600 bits per heavy atom. The van der Waals surface area contributed by atoms with Gasteiger partial charge in [0.25, 0.3) is 35.4 Å². The third-order valence-electron chi connectivity index (χ3n) is 28.4. The molecule has 33 nitrogen and oxygen atoms in total. The largest absolute Gasteiger partial charge is 0.487 e. The van der Waals surface area contributed by atoms with Gasteiger partial charge < -0.3 is 72.5 Å². The predicted molar refractivity (Wildman–Crippen MR) is 519 cm³/mol. The normalized spacial score (nSPS) is 19.0. The first-order valence-electron chi connectivity index (χ1n) is 50.0. The average molecular weight is 1990 g/mol. The Morgan fingerprint density at radius 2 is 0.421 bits per heavy atom. The van der Waals surface area contributed by atoms with E-state index in [0.29, 0.717) is 166 Å². The maximum absolute atomic E-state index is 13.2. The van der Waals surface area contributed by atoms with E-state index in [4.69, 9.17) is 28.4 Å². The molecule has 9 aliphatic heterocycles. The van der Waals surface area contributed by atoms with Gasteiger partial charge in [-0.2, -0.15) is 30.6 Å². The number of rotatable bonds is 24. The number of halogens is 6. The van der Waals surface area contributed by atoms with Crippen molar-refractivity contribution in [2.75, 3.05) is 99.7 Å². The van der Waals surface area contributed by atoms with Crippen molar-refractivity contribution < 1.29 is 83.5 Å². The number of carbonyl (C=O) groups is 6. The molecule has 0 N–H and O–H groups in total. The molecule has 0 unspecified atom stereocenters. The molecule has 24 rings (SSSR count). The number of likely N-dealkylation sites (tertiary alicyclic amines) is 3. The van der Waals surface area contributed by atoms with Crippen molar-refractivity contribution in [1.82, 2.24) is 103 Å². The summed E-state index contributed by atoms with van der Waals surface area (Å²) in [6.45, 7) is 15.6. The van der Waals surface area contributed by atoms with E-state index in [2.05, 4.69) is 66.4 Å². The summed E-state index contributed by atoms with van der Waals surface area (Å²) in [6, 6.07) is 48.8. The molecule has 12 aromatic rings. The minimum absolute atomic E-state index is 0.0313. The Morgan fingerprint density at radius 1 is 0.228 bits per heavy atom. The van der Waals surface area contributed by atoms with Gasteiger partial charge in [-0.3, -0.25) is 56.9 Å². The molecule has 0 spiro atoms. The van der Waals surface area contributed by atoms with Gasteiger partial charge in [0.2, 0.25) is 0 Å². The number of ether oxygens (including phenoxy) is 6. The third kappa shape index (κ3) is 24.2. The van der Waals surface area contributed by atoms with E-state index in [1.807, 2.05) is 29.4 Å². The van der Waals surface area contributed by atoms with Crippen molar-refractivity contribution >= 4 is 35.4 Å². The standard InChI is InChI=1S/2C18H21FN4O2.2C18H20FN3O2.C17H19FN4O2.C17H18FN3O2/c2*1-21-6-5-15(11-21)22-7-8-23-17(18(22)24)10-14(20-23)12-25-16-4-2-3-13(19)9-16;2*19-13-4-3-7-16(10-13)24-12-14-11-17-18(23)21(8-9-22(17)20-14)15-5-1-2-6-15;1-20-9-14(10-20)21-5-6-22-16(17(21)23)8-13(19-22)11-24-15-4-2-3-12(18)7-15;18-12-3-1-6-15(9-12)23-11-13-10-16-17(22)20(14-4-2-5-14)7-8-21(16)19-13/h2*2-4,9-10,15H,5-8,11-12H2,1H3;2*3-4,7,10-11,15H,1-2,5-6,8-9,12H2;2-4,7-8,14H,5-6,9-11H2,1H3;1,3,6,9-10,14H,2,4-5,7-8,11H2/t2*15-;;;;/m10..../s1. The highest BCUT2D eigenvalue weighted by atomic mass is 19.1. The van der Waals surface area contributed by atoms with Crippen LogP contribution in [0.2, 0.25) is 0 Å². The molecule has 12 aliphatic rings. The van der Waals surface area contributed by atoms with Crippen LogP contribution in [-0.2, 0) is 78.9 Å². The third-order valence-corrected chi connectivity index (χ3v) is 28.4. The lowest BCUT2D eigenvalue weighted by Crippen LogP contribution is -2.61. The van der Waals surface area contributed by atoms with Crippen LogP contribution in [0.4, 0.5) is 26.3 Å². The van der Waals surface area contributed by atoms with Crippen LogP contribution in [0, 0.1) is 34.9 Å². The van der Waals surface area contributed by atoms with Crippen LogP contribution in [0.15, 0.2) is 182 Å². The van der Waals surface area contributed by atoms with Gasteiger partial charge in [0.15, 0.2) is 0 Å². The van der Waals surface area contributed by atoms with Crippen LogP contribution < -0.4 is 28.4 Å². The smallest absolute Gasteiger partial charge is 0.272 e. The first-order chi connectivity index (χ1) is 70.4. The number of fused-ring (bicyclic) bond motifs is 6. The number of amides is 6. The minimum Gasteiger partial charge on any atom is -0.487 e. The van der Waals surface area contributed by atoms with Gasteiger partial charge >= 0.3 is 0 Å². The van der Waals surface area contributed by atoms with Crippen molar-refractivity contribution in [2.45, 2.75) is 199 Å². The molecule has 39 heteroatoms. The Kier molecular flexibility index (Phi) is 31.1. The zero-order valence-corrected chi connectivity index (χ0v) is 81.5. The van der Waals surface area contributed by atoms with Gasteiger partial charge in [-0.1, -0.05) is 62.1 Å². The van der Waals surface area contributed by atoms with Gasteiger partial charge in [-0.05, 0) is 201 Å². The Labute approximate surface area is 835 Å². The fourth-order valence-electron chi connectivity index (χ4n) is 20.7. The topological polar surface area (TPSA) is 294 Å². The van der Waals surface area contributed by atoms with Gasteiger partial charge in [0.05, 0.1) is 45.3 Å². The molecule has 762 valence electrons. The molecule has 0 radical (unpaired) electrons. The van der Waals surface area contributed by atoms with Crippen LogP contribution in [0.25, 0.3) is 0 Å². The number of nitrogens with zero attached hydrogens (tertiary/aromatic N) is 21. The van der Waals surface area contributed by atoms with Crippen LogP contribution in [0.5, 0.6) is 34.5 Å². The zero-order chi connectivity index (χ0) is 100. The Balaban J connectivity index is 0.000000110. The van der Waals surface area contributed by atoms with Crippen molar-refractivity contribution in [3.8, 4) is 34.5 Å². The molecular weight excluding hydrogens is 1870 g/mol. The summed E-state index contributed by atoms with van der Waals surface area (Å²) in [5.41, 5.74) is 7.81. The van der Waals surface area contributed by atoms with Crippen LogP contribution in [-0.4, -0.2) is 274 Å². The van der Waals surface area contributed by atoms with E-state index in [1.165, 1.54) is 105 Å².